The summed E-state index contributed by atoms with van der Waals surface area (Å²) < 4.78 is 0. The molecule has 0 saturated heterocycles. The first-order chi connectivity index (χ1) is 6.97. The van der Waals surface area contributed by atoms with Crippen molar-refractivity contribution in [3.8, 4) is 0 Å². The molecule has 3 nitrogen and oxygen atoms in total. The molecule has 0 bridgehead atoms. The number of carbonyl (C=O) groups is 1. The van der Waals surface area contributed by atoms with Crippen LogP contribution in [-0.2, 0) is 4.79 Å². The first kappa shape index (κ1) is 14.8. The van der Waals surface area contributed by atoms with Gasteiger partial charge in [-0.25, -0.2) is 0 Å². The summed E-state index contributed by atoms with van der Waals surface area (Å²) in [6.07, 6.45) is 2.30. The molecule has 15 heavy (non-hydrogen) atoms. The zero-order chi connectivity index (χ0) is 11.8. The van der Waals surface area contributed by atoms with Gasteiger partial charge < -0.3 is 10.4 Å². The highest BCUT2D eigenvalue weighted by Gasteiger charge is 2.13. The molecule has 0 saturated carbocycles. The van der Waals surface area contributed by atoms with Crippen LogP contribution in [0.15, 0.2) is 0 Å². The molecule has 4 heteroatoms. The number of hydrogen-bond donors (Lipinski definition) is 2. The molecule has 0 aromatic rings. The second-order valence-electron chi connectivity index (χ2n) is 4.38. The second-order valence-corrected chi connectivity index (χ2v) is 5.30. The van der Waals surface area contributed by atoms with Crippen LogP contribution in [0.1, 0.15) is 27.2 Å². The number of hydrogen-bond acceptors (Lipinski definition) is 3. The maximum atomic E-state index is 11.5. The Labute approximate surface area is 97.0 Å². The molecule has 0 aliphatic carbocycles. The molecule has 1 amide bonds. The van der Waals surface area contributed by atoms with E-state index in [1.54, 1.807) is 11.8 Å². The van der Waals surface area contributed by atoms with Crippen molar-refractivity contribution in [3.63, 3.8) is 0 Å². The lowest BCUT2D eigenvalue weighted by Crippen LogP contribution is -2.36. The monoisotopic (exact) mass is 233 g/mol. The lowest BCUT2D eigenvalue weighted by atomic mass is 10.1. The average Bonchev–Trinajstić information content (AvgIpc) is 2.13. The Morgan fingerprint density at radius 2 is 2.00 bits per heavy atom. The minimum Gasteiger partial charge on any atom is -0.391 e. The lowest BCUT2D eigenvalue weighted by molar-refractivity contribution is -0.124. The van der Waals surface area contributed by atoms with Crippen LogP contribution in [0.2, 0.25) is 0 Å². The Kier molecular flexibility index (Phi) is 7.88. The van der Waals surface area contributed by atoms with Crippen molar-refractivity contribution < 1.29 is 9.90 Å². The number of aliphatic hydroxyl groups excluding tert-OH is 1. The van der Waals surface area contributed by atoms with Crippen LogP contribution in [-0.4, -0.2) is 35.7 Å². The highest BCUT2D eigenvalue weighted by molar-refractivity contribution is 7.98. The van der Waals surface area contributed by atoms with Gasteiger partial charge >= 0.3 is 0 Å². The third kappa shape index (κ3) is 7.68. The van der Waals surface area contributed by atoms with Crippen LogP contribution in [0.3, 0.4) is 0 Å². The van der Waals surface area contributed by atoms with E-state index in [0.717, 1.165) is 12.2 Å². The van der Waals surface area contributed by atoms with E-state index in [2.05, 4.69) is 19.2 Å². The zero-order valence-corrected chi connectivity index (χ0v) is 10.9. The summed E-state index contributed by atoms with van der Waals surface area (Å²) in [6.45, 7) is 6.39. The smallest absolute Gasteiger partial charge is 0.223 e. The van der Waals surface area contributed by atoms with Crippen molar-refractivity contribution in [1.29, 1.82) is 0 Å². The molecule has 2 N–H and O–H groups in total. The number of carbonyl (C=O) groups excluding carboxylic acids is 1. The van der Waals surface area contributed by atoms with Gasteiger partial charge in [-0.15, -0.1) is 0 Å². The van der Waals surface area contributed by atoms with Crippen LogP contribution in [0.5, 0.6) is 0 Å². The minimum absolute atomic E-state index is 0.0197. The minimum atomic E-state index is -0.421. The van der Waals surface area contributed by atoms with Crippen LogP contribution >= 0.6 is 11.8 Å². The fourth-order valence-electron chi connectivity index (χ4n) is 1.35. The molecule has 0 aromatic heterocycles. The lowest BCUT2D eigenvalue weighted by Gasteiger charge is -2.16. The number of rotatable bonds is 7. The molecule has 0 spiro atoms. The van der Waals surface area contributed by atoms with E-state index in [1.807, 2.05) is 13.2 Å². The third-order valence-corrected chi connectivity index (χ3v) is 2.95. The summed E-state index contributed by atoms with van der Waals surface area (Å²) in [5, 5.41) is 12.3. The van der Waals surface area contributed by atoms with E-state index in [9.17, 15) is 9.90 Å². The van der Waals surface area contributed by atoms with Gasteiger partial charge in [0.1, 0.15) is 0 Å². The Hall–Kier alpha value is -0.220. The van der Waals surface area contributed by atoms with Crippen molar-refractivity contribution in [1.82, 2.24) is 5.32 Å². The molecule has 0 radical (unpaired) electrons. The van der Waals surface area contributed by atoms with Gasteiger partial charge in [0.15, 0.2) is 0 Å². The van der Waals surface area contributed by atoms with Gasteiger partial charge in [0, 0.05) is 18.2 Å². The van der Waals surface area contributed by atoms with Gasteiger partial charge in [0.2, 0.25) is 5.91 Å². The number of nitrogens with one attached hydrogen (secondary N) is 1. The Morgan fingerprint density at radius 1 is 1.40 bits per heavy atom. The summed E-state index contributed by atoms with van der Waals surface area (Å²) in [7, 11) is 0. The Morgan fingerprint density at radius 3 is 2.47 bits per heavy atom. The molecular formula is C11H23NO2S. The predicted octanol–water partition coefficient (Wildman–Crippen LogP) is 1.51. The Bertz CT molecular complexity index is 185. The molecule has 2 unspecified atom stereocenters. The van der Waals surface area contributed by atoms with Gasteiger partial charge in [-0.05, 0) is 18.6 Å². The van der Waals surface area contributed by atoms with Gasteiger partial charge in [-0.2, -0.15) is 11.8 Å². The quantitative estimate of drug-likeness (QED) is 0.701. The van der Waals surface area contributed by atoms with Crippen molar-refractivity contribution in [2.24, 2.45) is 11.8 Å². The highest BCUT2D eigenvalue weighted by atomic mass is 32.2. The first-order valence-electron chi connectivity index (χ1n) is 5.42. The fourth-order valence-corrected chi connectivity index (χ4v) is 2.00. The largest absolute Gasteiger partial charge is 0.391 e. The molecular weight excluding hydrogens is 210 g/mol. The van der Waals surface area contributed by atoms with Crippen molar-refractivity contribution >= 4 is 17.7 Å². The van der Waals surface area contributed by atoms with Crippen LogP contribution in [0.4, 0.5) is 0 Å². The van der Waals surface area contributed by atoms with Gasteiger partial charge in [0.25, 0.3) is 0 Å². The van der Waals surface area contributed by atoms with E-state index in [4.69, 9.17) is 0 Å². The molecule has 0 heterocycles. The summed E-state index contributed by atoms with van der Waals surface area (Å²) in [5.41, 5.74) is 0. The van der Waals surface area contributed by atoms with E-state index in [1.165, 1.54) is 0 Å². The highest BCUT2D eigenvalue weighted by Crippen LogP contribution is 2.06. The molecule has 0 aliphatic heterocycles. The van der Waals surface area contributed by atoms with Crippen molar-refractivity contribution in [3.05, 3.63) is 0 Å². The first-order valence-corrected chi connectivity index (χ1v) is 6.81. The molecule has 90 valence electrons. The Balaban J connectivity index is 3.70. The molecule has 0 aliphatic rings. The second kappa shape index (κ2) is 7.99. The van der Waals surface area contributed by atoms with E-state index in [-0.39, 0.29) is 11.8 Å². The van der Waals surface area contributed by atoms with Crippen molar-refractivity contribution in [2.75, 3.05) is 18.6 Å². The van der Waals surface area contributed by atoms with Gasteiger partial charge in [-0.1, -0.05) is 20.8 Å². The maximum Gasteiger partial charge on any atom is 0.223 e. The predicted molar refractivity (Wildman–Crippen MR) is 66.0 cm³/mol. The van der Waals surface area contributed by atoms with Gasteiger partial charge in [0.05, 0.1) is 6.10 Å². The standard InChI is InChI=1S/C11H23NO2S/c1-8(2)5-10(13)6-12-11(14)9(3)7-15-4/h8-10,13H,5-7H2,1-4H3,(H,12,14). The summed E-state index contributed by atoms with van der Waals surface area (Å²) in [6, 6.07) is 0. The van der Waals surface area contributed by atoms with Crippen LogP contribution in [0.25, 0.3) is 0 Å². The van der Waals surface area contributed by atoms with Crippen LogP contribution in [0, 0.1) is 11.8 Å². The molecule has 0 fully saturated rings. The van der Waals surface area contributed by atoms with E-state index in [0.29, 0.717) is 12.5 Å². The number of amides is 1. The summed E-state index contributed by atoms with van der Waals surface area (Å²) in [4.78, 5) is 11.5. The van der Waals surface area contributed by atoms with Crippen molar-refractivity contribution in [2.45, 2.75) is 33.3 Å². The average molecular weight is 233 g/mol. The normalized spacial score (nSPS) is 15.1. The topological polar surface area (TPSA) is 49.3 Å². The third-order valence-electron chi connectivity index (χ3n) is 2.12. The number of aliphatic hydroxyl groups is 1. The van der Waals surface area contributed by atoms with Gasteiger partial charge in [-0.3, -0.25) is 4.79 Å². The van der Waals surface area contributed by atoms with E-state index >= 15 is 0 Å². The zero-order valence-electron chi connectivity index (χ0n) is 10.1. The molecule has 0 rings (SSSR count). The van der Waals surface area contributed by atoms with Crippen LogP contribution < -0.4 is 5.32 Å². The SMILES string of the molecule is CSCC(C)C(=O)NCC(O)CC(C)C. The summed E-state index contributed by atoms with van der Waals surface area (Å²) in [5.74, 6) is 1.34. The maximum absolute atomic E-state index is 11.5. The molecule has 0 aromatic carbocycles. The molecule has 2 atom stereocenters. The fraction of sp³-hybridized carbons (Fsp3) is 0.909. The number of thioether (sulfide) groups is 1. The summed E-state index contributed by atoms with van der Waals surface area (Å²) >= 11 is 1.66. The van der Waals surface area contributed by atoms with E-state index < -0.39 is 6.10 Å².